The fraction of sp³-hybridized carbons (Fsp3) is 0.632. The summed E-state index contributed by atoms with van der Waals surface area (Å²) in [6, 6.07) is 2.72. The van der Waals surface area contributed by atoms with Gasteiger partial charge in [-0.2, -0.15) is 0 Å². The molecule has 1 aromatic rings. The molecule has 0 saturated carbocycles. The Morgan fingerprint density at radius 3 is 2.46 bits per heavy atom. The molecule has 24 heavy (non-hydrogen) atoms. The van der Waals surface area contributed by atoms with E-state index in [1.807, 2.05) is 12.1 Å². The minimum atomic E-state index is -0.510. The van der Waals surface area contributed by atoms with E-state index in [0.717, 1.165) is 37.5 Å². The summed E-state index contributed by atoms with van der Waals surface area (Å²) in [4.78, 5) is 16.4. The normalized spacial score (nSPS) is 23.4. The molecular formula is C19H31N3O2. The number of nitrogens with zero attached hydrogens (tertiary/aromatic N) is 2. The largest absolute Gasteiger partial charge is 0.455 e. The molecule has 1 aromatic heterocycles. The van der Waals surface area contributed by atoms with Gasteiger partial charge in [0.2, 0.25) is 0 Å². The van der Waals surface area contributed by atoms with Gasteiger partial charge >= 0.3 is 0 Å². The molecule has 0 aromatic carbocycles. The zero-order valence-corrected chi connectivity index (χ0v) is 15.6. The van der Waals surface area contributed by atoms with E-state index in [0.29, 0.717) is 12.1 Å². The summed E-state index contributed by atoms with van der Waals surface area (Å²) in [5.74, 6) is 0.592. The predicted octanol–water partition coefficient (Wildman–Crippen LogP) is 2.76. The van der Waals surface area contributed by atoms with Gasteiger partial charge in [-0.3, -0.25) is 14.6 Å². The molecule has 1 aliphatic rings. The summed E-state index contributed by atoms with van der Waals surface area (Å²) in [5.41, 5.74) is 6.31. The number of primary amides is 1. The van der Waals surface area contributed by atoms with Crippen molar-refractivity contribution in [2.75, 3.05) is 19.6 Å². The Balaban J connectivity index is 2.21. The van der Waals surface area contributed by atoms with Gasteiger partial charge in [-0.05, 0) is 19.9 Å². The summed E-state index contributed by atoms with van der Waals surface area (Å²) >= 11 is 0. The van der Waals surface area contributed by atoms with Crippen LogP contribution in [0.1, 0.15) is 56.5 Å². The maximum Gasteiger partial charge on any atom is 0.284 e. The Morgan fingerprint density at radius 1 is 1.33 bits per heavy atom. The minimum absolute atomic E-state index is 0.164. The molecule has 5 heteroatoms. The van der Waals surface area contributed by atoms with Crippen molar-refractivity contribution >= 4 is 5.91 Å². The third kappa shape index (κ3) is 4.08. The maximum atomic E-state index is 11.5. The molecule has 1 fully saturated rings. The number of amides is 1. The van der Waals surface area contributed by atoms with Gasteiger partial charge in [0, 0.05) is 49.2 Å². The molecule has 2 atom stereocenters. The third-order valence-corrected chi connectivity index (χ3v) is 4.71. The van der Waals surface area contributed by atoms with Crippen LogP contribution in [0.3, 0.4) is 0 Å². The van der Waals surface area contributed by atoms with E-state index in [1.54, 1.807) is 0 Å². The van der Waals surface area contributed by atoms with Crippen molar-refractivity contribution in [3.63, 3.8) is 0 Å². The standard InChI is InChI=1S/C19H31N3O2/c1-7-8-21-10-14(3)22(11-13(21)2)12-15-9-16(18(20)23)24-17(15)19(4,5)6/h7,9,13-14H,1,8,10-12H2,2-6H3,(H2,20,23). The topological polar surface area (TPSA) is 62.7 Å². The van der Waals surface area contributed by atoms with Crippen LogP contribution in [-0.2, 0) is 12.0 Å². The molecule has 2 unspecified atom stereocenters. The third-order valence-electron chi connectivity index (χ3n) is 4.71. The van der Waals surface area contributed by atoms with Gasteiger partial charge in [0.25, 0.3) is 5.91 Å². The second-order valence-corrected chi connectivity index (χ2v) is 7.95. The van der Waals surface area contributed by atoms with Crippen molar-refractivity contribution in [2.24, 2.45) is 5.73 Å². The van der Waals surface area contributed by atoms with E-state index in [-0.39, 0.29) is 11.2 Å². The van der Waals surface area contributed by atoms with Crippen LogP contribution in [0.2, 0.25) is 0 Å². The Bertz CT molecular complexity index is 600. The SMILES string of the molecule is C=CCN1CC(C)N(Cc2cc(C(N)=O)oc2C(C)(C)C)CC1C. The van der Waals surface area contributed by atoms with Gasteiger partial charge in [0.05, 0.1) is 0 Å². The van der Waals surface area contributed by atoms with E-state index >= 15 is 0 Å². The summed E-state index contributed by atoms with van der Waals surface area (Å²) in [5, 5.41) is 0. The van der Waals surface area contributed by atoms with E-state index in [4.69, 9.17) is 10.2 Å². The number of piperazine rings is 1. The number of nitrogens with two attached hydrogens (primary N) is 1. The highest BCUT2D eigenvalue weighted by molar-refractivity contribution is 5.90. The highest BCUT2D eigenvalue weighted by Crippen LogP contribution is 2.31. The van der Waals surface area contributed by atoms with Crippen LogP contribution in [0.5, 0.6) is 0 Å². The molecule has 1 aliphatic heterocycles. The quantitative estimate of drug-likeness (QED) is 0.842. The lowest BCUT2D eigenvalue weighted by Gasteiger charge is -2.44. The average Bonchev–Trinajstić information content (AvgIpc) is 2.89. The molecule has 134 valence electrons. The van der Waals surface area contributed by atoms with E-state index in [1.165, 1.54) is 0 Å². The molecule has 0 bridgehead atoms. The smallest absolute Gasteiger partial charge is 0.284 e. The number of hydrogen-bond acceptors (Lipinski definition) is 4. The lowest BCUT2D eigenvalue weighted by atomic mass is 9.90. The van der Waals surface area contributed by atoms with Crippen molar-refractivity contribution in [1.82, 2.24) is 9.80 Å². The predicted molar refractivity (Wildman–Crippen MR) is 97.0 cm³/mol. The fourth-order valence-electron chi connectivity index (χ4n) is 3.43. The van der Waals surface area contributed by atoms with Crippen LogP contribution in [-0.4, -0.2) is 47.4 Å². The molecule has 0 spiro atoms. The summed E-state index contributed by atoms with van der Waals surface area (Å²) in [6.45, 7) is 18.3. The molecule has 0 radical (unpaired) electrons. The second kappa shape index (κ2) is 7.11. The van der Waals surface area contributed by atoms with Gasteiger partial charge in [-0.15, -0.1) is 6.58 Å². The zero-order valence-electron chi connectivity index (χ0n) is 15.6. The zero-order chi connectivity index (χ0) is 18.1. The molecule has 2 rings (SSSR count). The highest BCUT2D eigenvalue weighted by Gasteiger charge is 2.31. The lowest BCUT2D eigenvalue weighted by molar-refractivity contribution is 0.0446. The second-order valence-electron chi connectivity index (χ2n) is 7.95. The summed E-state index contributed by atoms with van der Waals surface area (Å²) in [6.07, 6.45) is 1.96. The number of rotatable bonds is 5. The first-order valence-corrected chi connectivity index (χ1v) is 8.65. The van der Waals surface area contributed by atoms with E-state index < -0.39 is 5.91 Å². The fourth-order valence-corrected chi connectivity index (χ4v) is 3.43. The lowest BCUT2D eigenvalue weighted by Crippen LogP contribution is -2.55. The molecule has 1 saturated heterocycles. The van der Waals surface area contributed by atoms with E-state index in [9.17, 15) is 4.79 Å². The Hall–Kier alpha value is -1.59. The molecule has 2 N–H and O–H groups in total. The number of carbonyl (C=O) groups is 1. The maximum absolute atomic E-state index is 11.5. The van der Waals surface area contributed by atoms with Crippen molar-refractivity contribution in [3.8, 4) is 0 Å². The minimum Gasteiger partial charge on any atom is -0.455 e. The molecule has 0 aliphatic carbocycles. The Labute approximate surface area is 145 Å². The van der Waals surface area contributed by atoms with Crippen molar-refractivity contribution in [3.05, 3.63) is 35.8 Å². The molecule has 2 heterocycles. The number of hydrogen-bond donors (Lipinski definition) is 1. The van der Waals surface area contributed by atoms with Gasteiger partial charge in [0.1, 0.15) is 5.76 Å². The average molecular weight is 333 g/mol. The summed E-state index contributed by atoms with van der Waals surface area (Å²) < 4.78 is 5.78. The number of carbonyl (C=O) groups excluding carboxylic acids is 1. The number of furan rings is 1. The first-order valence-electron chi connectivity index (χ1n) is 8.65. The molecular weight excluding hydrogens is 302 g/mol. The van der Waals surface area contributed by atoms with Crippen LogP contribution in [0.15, 0.2) is 23.1 Å². The van der Waals surface area contributed by atoms with E-state index in [2.05, 4.69) is 51.0 Å². The van der Waals surface area contributed by atoms with Gasteiger partial charge in [-0.25, -0.2) is 0 Å². The first-order chi connectivity index (χ1) is 11.1. The van der Waals surface area contributed by atoms with Gasteiger partial charge in [0.15, 0.2) is 5.76 Å². The van der Waals surface area contributed by atoms with Gasteiger partial charge in [-0.1, -0.05) is 26.8 Å². The van der Waals surface area contributed by atoms with Crippen molar-refractivity contribution in [1.29, 1.82) is 0 Å². The van der Waals surface area contributed by atoms with Crippen molar-refractivity contribution < 1.29 is 9.21 Å². The Morgan fingerprint density at radius 2 is 1.92 bits per heavy atom. The van der Waals surface area contributed by atoms with Crippen LogP contribution in [0, 0.1) is 0 Å². The molecule has 1 amide bonds. The monoisotopic (exact) mass is 333 g/mol. The van der Waals surface area contributed by atoms with Gasteiger partial charge < -0.3 is 10.2 Å². The highest BCUT2D eigenvalue weighted by atomic mass is 16.4. The summed E-state index contributed by atoms with van der Waals surface area (Å²) in [7, 11) is 0. The van der Waals surface area contributed by atoms with Crippen LogP contribution < -0.4 is 5.73 Å². The molecule has 5 nitrogen and oxygen atoms in total. The van der Waals surface area contributed by atoms with Crippen LogP contribution in [0.25, 0.3) is 0 Å². The van der Waals surface area contributed by atoms with Crippen LogP contribution >= 0.6 is 0 Å². The first kappa shape index (κ1) is 18.7. The van der Waals surface area contributed by atoms with Crippen molar-refractivity contribution in [2.45, 2.75) is 58.7 Å². The van der Waals surface area contributed by atoms with Crippen LogP contribution in [0.4, 0.5) is 0 Å². The Kier molecular flexibility index (Phi) is 5.56.